The molecule has 0 bridgehead atoms. The molecule has 0 unspecified atom stereocenters. The predicted octanol–water partition coefficient (Wildman–Crippen LogP) is 2.52. The SMILES string of the molecule is CNCc1c(C)nn(C)c1Oc1cc(F)ccc1F. The molecule has 0 aliphatic heterocycles. The number of benzene rings is 1. The van der Waals surface area contributed by atoms with E-state index < -0.39 is 11.6 Å². The third-order valence-corrected chi connectivity index (χ3v) is 2.74. The summed E-state index contributed by atoms with van der Waals surface area (Å²) >= 11 is 0. The van der Waals surface area contributed by atoms with Gasteiger partial charge >= 0.3 is 0 Å². The molecule has 1 aromatic carbocycles. The number of hydrogen-bond donors (Lipinski definition) is 1. The maximum absolute atomic E-state index is 13.6. The highest BCUT2D eigenvalue weighted by Crippen LogP contribution is 2.29. The Morgan fingerprint density at radius 1 is 1.37 bits per heavy atom. The Hall–Kier alpha value is -1.95. The van der Waals surface area contributed by atoms with Gasteiger partial charge in [0.05, 0.1) is 11.3 Å². The highest BCUT2D eigenvalue weighted by Gasteiger charge is 2.16. The number of ether oxygens (including phenoxy) is 1. The Labute approximate surface area is 110 Å². The fourth-order valence-electron chi connectivity index (χ4n) is 1.85. The number of hydrogen-bond acceptors (Lipinski definition) is 3. The van der Waals surface area contributed by atoms with E-state index in [0.29, 0.717) is 12.4 Å². The fraction of sp³-hybridized carbons (Fsp3) is 0.308. The second-order valence-electron chi connectivity index (χ2n) is 4.20. The van der Waals surface area contributed by atoms with Crippen LogP contribution in [0.25, 0.3) is 0 Å². The first-order chi connectivity index (χ1) is 9.02. The van der Waals surface area contributed by atoms with E-state index in [1.54, 1.807) is 14.1 Å². The van der Waals surface area contributed by atoms with E-state index in [2.05, 4.69) is 10.4 Å². The number of aryl methyl sites for hydroxylation is 2. The van der Waals surface area contributed by atoms with Crippen LogP contribution in [0.2, 0.25) is 0 Å². The van der Waals surface area contributed by atoms with Gasteiger partial charge in [-0.3, -0.25) is 0 Å². The highest BCUT2D eigenvalue weighted by molar-refractivity contribution is 5.36. The molecule has 1 aromatic heterocycles. The molecule has 1 N–H and O–H groups in total. The molecule has 2 aromatic rings. The minimum absolute atomic E-state index is 0.152. The molecular formula is C13H15F2N3O. The number of nitrogens with one attached hydrogen (secondary N) is 1. The molecule has 0 spiro atoms. The molecule has 19 heavy (non-hydrogen) atoms. The first-order valence-corrected chi connectivity index (χ1v) is 5.83. The second kappa shape index (κ2) is 5.36. The minimum Gasteiger partial charge on any atom is -0.436 e. The van der Waals surface area contributed by atoms with E-state index in [1.165, 1.54) is 4.68 Å². The summed E-state index contributed by atoms with van der Waals surface area (Å²) in [6, 6.07) is 3.09. The first-order valence-electron chi connectivity index (χ1n) is 5.83. The zero-order valence-corrected chi connectivity index (χ0v) is 11.0. The van der Waals surface area contributed by atoms with Gasteiger partial charge < -0.3 is 10.1 Å². The van der Waals surface area contributed by atoms with Gasteiger partial charge in [-0.2, -0.15) is 5.10 Å². The van der Waals surface area contributed by atoms with Gasteiger partial charge in [-0.05, 0) is 26.1 Å². The average Bonchev–Trinajstić information content (AvgIpc) is 2.61. The Bertz CT molecular complexity index is 596. The molecule has 0 fully saturated rings. The van der Waals surface area contributed by atoms with Crippen molar-refractivity contribution in [3.8, 4) is 11.6 Å². The van der Waals surface area contributed by atoms with Crippen molar-refractivity contribution in [1.29, 1.82) is 0 Å². The normalized spacial score (nSPS) is 10.8. The van der Waals surface area contributed by atoms with Crippen molar-refractivity contribution in [3.05, 3.63) is 41.1 Å². The van der Waals surface area contributed by atoms with E-state index in [1.807, 2.05) is 6.92 Å². The van der Waals surface area contributed by atoms with Crippen molar-refractivity contribution < 1.29 is 13.5 Å². The molecule has 1 heterocycles. The summed E-state index contributed by atoms with van der Waals surface area (Å²) in [6.45, 7) is 2.37. The van der Waals surface area contributed by atoms with Crippen molar-refractivity contribution >= 4 is 0 Å². The van der Waals surface area contributed by atoms with E-state index in [4.69, 9.17) is 4.74 Å². The molecule has 102 valence electrons. The lowest BCUT2D eigenvalue weighted by molar-refractivity contribution is 0.395. The van der Waals surface area contributed by atoms with Crippen LogP contribution in [0, 0.1) is 18.6 Å². The van der Waals surface area contributed by atoms with E-state index in [0.717, 1.165) is 29.5 Å². The van der Waals surface area contributed by atoms with Gasteiger partial charge in [0.25, 0.3) is 0 Å². The van der Waals surface area contributed by atoms with Gasteiger partial charge in [0.1, 0.15) is 5.82 Å². The van der Waals surface area contributed by atoms with Crippen molar-refractivity contribution in [2.45, 2.75) is 13.5 Å². The maximum atomic E-state index is 13.6. The summed E-state index contributed by atoms with van der Waals surface area (Å²) in [7, 11) is 3.48. The van der Waals surface area contributed by atoms with Crippen molar-refractivity contribution in [2.24, 2.45) is 7.05 Å². The highest BCUT2D eigenvalue weighted by atomic mass is 19.1. The molecule has 0 saturated carbocycles. The van der Waals surface area contributed by atoms with Crippen LogP contribution in [0.1, 0.15) is 11.3 Å². The van der Waals surface area contributed by atoms with E-state index in [9.17, 15) is 8.78 Å². The van der Waals surface area contributed by atoms with Crippen molar-refractivity contribution in [1.82, 2.24) is 15.1 Å². The lowest BCUT2D eigenvalue weighted by Gasteiger charge is -2.09. The quantitative estimate of drug-likeness (QED) is 0.925. The Morgan fingerprint density at radius 2 is 2.11 bits per heavy atom. The van der Waals surface area contributed by atoms with Gasteiger partial charge in [-0.1, -0.05) is 0 Å². The van der Waals surface area contributed by atoms with Gasteiger partial charge in [-0.15, -0.1) is 0 Å². The van der Waals surface area contributed by atoms with Crippen LogP contribution in [0.3, 0.4) is 0 Å². The average molecular weight is 267 g/mol. The fourth-order valence-corrected chi connectivity index (χ4v) is 1.85. The van der Waals surface area contributed by atoms with Gasteiger partial charge in [0.15, 0.2) is 11.6 Å². The lowest BCUT2D eigenvalue weighted by atomic mass is 10.2. The third-order valence-electron chi connectivity index (χ3n) is 2.74. The van der Waals surface area contributed by atoms with Crippen molar-refractivity contribution in [2.75, 3.05) is 7.05 Å². The zero-order valence-electron chi connectivity index (χ0n) is 11.0. The first kappa shape index (κ1) is 13.5. The monoisotopic (exact) mass is 267 g/mol. The number of aromatic nitrogens is 2. The Balaban J connectivity index is 2.40. The summed E-state index contributed by atoms with van der Waals surface area (Å²) in [5.74, 6) is -0.919. The van der Waals surface area contributed by atoms with E-state index in [-0.39, 0.29) is 5.75 Å². The number of nitrogens with zero attached hydrogens (tertiary/aromatic N) is 2. The molecule has 4 nitrogen and oxygen atoms in total. The van der Waals surface area contributed by atoms with E-state index >= 15 is 0 Å². The zero-order chi connectivity index (χ0) is 14.0. The Kier molecular flexibility index (Phi) is 3.80. The maximum Gasteiger partial charge on any atom is 0.222 e. The van der Waals surface area contributed by atoms with Crippen LogP contribution in [0.5, 0.6) is 11.6 Å². The molecule has 0 aliphatic carbocycles. The number of halogens is 2. The topological polar surface area (TPSA) is 39.1 Å². The smallest absolute Gasteiger partial charge is 0.222 e. The summed E-state index contributed by atoms with van der Waals surface area (Å²) in [5, 5.41) is 7.20. The predicted molar refractivity (Wildman–Crippen MR) is 67.1 cm³/mol. The van der Waals surface area contributed by atoms with Gasteiger partial charge in [-0.25, -0.2) is 13.5 Å². The second-order valence-corrected chi connectivity index (χ2v) is 4.20. The minimum atomic E-state index is -0.615. The lowest BCUT2D eigenvalue weighted by Crippen LogP contribution is -2.07. The van der Waals surface area contributed by atoms with Crippen LogP contribution >= 0.6 is 0 Å². The van der Waals surface area contributed by atoms with Crippen LogP contribution in [0.15, 0.2) is 18.2 Å². The summed E-state index contributed by atoms with van der Waals surface area (Å²) in [4.78, 5) is 0. The van der Waals surface area contributed by atoms with Crippen LogP contribution in [-0.4, -0.2) is 16.8 Å². The molecule has 0 atom stereocenters. The van der Waals surface area contributed by atoms with Crippen LogP contribution < -0.4 is 10.1 Å². The molecule has 0 radical (unpaired) electrons. The molecule has 0 saturated heterocycles. The molecule has 0 amide bonds. The standard InChI is InChI=1S/C13H15F2N3O/c1-8-10(7-16-2)13(18(3)17-8)19-12-6-9(14)4-5-11(12)15/h4-6,16H,7H2,1-3H3. The summed E-state index contributed by atoms with van der Waals surface area (Å²) < 4.78 is 33.7. The molecule has 2 rings (SSSR count). The molecule has 0 aliphatic rings. The largest absolute Gasteiger partial charge is 0.436 e. The Morgan fingerprint density at radius 3 is 2.79 bits per heavy atom. The number of rotatable bonds is 4. The summed E-state index contributed by atoms with van der Waals surface area (Å²) in [5.41, 5.74) is 1.59. The molecule has 6 heteroatoms. The van der Waals surface area contributed by atoms with Crippen LogP contribution in [-0.2, 0) is 13.6 Å². The van der Waals surface area contributed by atoms with Crippen molar-refractivity contribution in [3.63, 3.8) is 0 Å². The van der Waals surface area contributed by atoms with Gasteiger partial charge in [0.2, 0.25) is 5.88 Å². The molecular weight excluding hydrogens is 252 g/mol. The van der Waals surface area contributed by atoms with Gasteiger partial charge in [0, 0.05) is 19.7 Å². The van der Waals surface area contributed by atoms with Crippen LogP contribution in [0.4, 0.5) is 8.78 Å². The summed E-state index contributed by atoms with van der Waals surface area (Å²) in [6.07, 6.45) is 0. The third kappa shape index (κ3) is 2.73.